The van der Waals surface area contributed by atoms with Gasteiger partial charge in [-0.1, -0.05) is 41.8 Å². The van der Waals surface area contributed by atoms with Crippen molar-refractivity contribution < 1.29 is 0 Å². The minimum absolute atomic E-state index is 1.10. The molecule has 0 saturated carbocycles. The second-order valence-corrected chi connectivity index (χ2v) is 3.05. The lowest BCUT2D eigenvalue weighted by atomic mass is 10.0. The average molecular weight is 166 g/mol. The molecule has 0 fully saturated rings. The Morgan fingerprint density at radius 1 is 0.923 bits per heavy atom. The van der Waals surface area contributed by atoms with Crippen LogP contribution in [0.3, 0.4) is 0 Å². The van der Waals surface area contributed by atoms with Crippen molar-refractivity contribution in [2.45, 2.75) is 6.92 Å². The molecule has 0 aromatic heterocycles. The molecule has 0 heterocycles. The average Bonchev–Trinajstić information content (AvgIpc) is 2.20. The predicted octanol–water partition coefficient (Wildman–Crippen LogP) is 3.34. The third-order valence-corrected chi connectivity index (χ3v) is 1.98. The first kappa shape index (κ1) is 7.89. The van der Waals surface area contributed by atoms with Gasteiger partial charge in [0.15, 0.2) is 0 Å². The number of allylic oxidation sites excluding steroid dienone is 4. The zero-order chi connectivity index (χ0) is 9.10. The van der Waals surface area contributed by atoms with Gasteiger partial charge in [0.25, 0.3) is 0 Å². The fourth-order valence-corrected chi connectivity index (χ4v) is 1.24. The van der Waals surface area contributed by atoms with Gasteiger partial charge in [0, 0.05) is 5.57 Å². The Morgan fingerprint density at radius 3 is 2.31 bits per heavy atom. The molecule has 2 rings (SSSR count). The summed E-state index contributed by atoms with van der Waals surface area (Å²) in [6.45, 7) is 2.02. The van der Waals surface area contributed by atoms with Crippen molar-refractivity contribution in [3.8, 4) is 0 Å². The Morgan fingerprint density at radius 2 is 1.69 bits per heavy atom. The molecule has 1 aromatic rings. The van der Waals surface area contributed by atoms with Gasteiger partial charge >= 0.3 is 0 Å². The standard InChI is InChI=1S/C13H10/c1-11-7-9-13(10-8-11)12-5-3-2-4-6-12/h2-7,9H,1H3. The lowest BCUT2D eigenvalue weighted by Gasteiger charge is -1.99. The normalized spacial score (nSPS) is 13.9. The molecule has 1 aliphatic carbocycles. The molecule has 0 saturated heterocycles. The summed E-state index contributed by atoms with van der Waals surface area (Å²) >= 11 is 0. The second kappa shape index (κ2) is 3.33. The van der Waals surface area contributed by atoms with Gasteiger partial charge < -0.3 is 0 Å². The monoisotopic (exact) mass is 166 g/mol. The highest BCUT2D eigenvalue weighted by Gasteiger charge is 1.96. The Balaban J connectivity index is 2.52. The van der Waals surface area contributed by atoms with E-state index in [1.807, 2.05) is 25.1 Å². The smallest absolute Gasteiger partial charge is 0.0321 e. The minimum Gasteiger partial charge on any atom is -0.0664 e. The molecule has 0 atom stereocenters. The Labute approximate surface area is 78.2 Å². The fourth-order valence-electron chi connectivity index (χ4n) is 1.24. The highest BCUT2D eigenvalue weighted by Crippen LogP contribution is 2.16. The van der Waals surface area contributed by atoms with Crippen molar-refractivity contribution in [2.24, 2.45) is 0 Å². The molecule has 0 nitrogen and oxygen atoms in total. The summed E-state index contributed by atoms with van der Waals surface area (Å²) in [5.74, 6) is 0. The van der Waals surface area contributed by atoms with E-state index in [9.17, 15) is 0 Å². The lowest BCUT2D eigenvalue weighted by molar-refractivity contribution is 1.52. The van der Waals surface area contributed by atoms with Gasteiger partial charge in [0.05, 0.1) is 0 Å². The van der Waals surface area contributed by atoms with Crippen LogP contribution < -0.4 is 0 Å². The third kappa shape index (κ3) is 1.71. The largest absolute Gasteiger partial charge is 0.0664 e. The number of rotatable bonds is 1. The number of benzene rings is 1. The van der Waals surface area contributed by atoms with E-state index >= 15 is 0 Å². The molecule has 0 amide bonds. The first-order valence-electron chi connectivity index (χ1n) is 4.32. The molecule has 0 aliphatic heterocycles. The fraction of sp³-hybridized carbons (Fsp3) is 0.0769. The molecule has 1 aliphatic rings. The molecule has 0 heteroatoms. The number of hydrogen-bond donors (Lipinski definition) is 0. The summed E-state index contributed by atoms with van der Waals surface area (Å²) in [6, 6.07) is 10.2. The van der Waals surface area contributed by atoms with Crippen LogP contribution >= 0.6 is 0 Å². The first-order valence-corrected chi connectivity index (χ1v) is 4.32. The maximum absolute atomic E-state index is 3.13. The predicted molar refractivity (Wildman–Crippen MR) is 55.2 cm³/mol. The van der Waals surface area contributed by atoms with Gasteiger partial charge in [-0.2, -0.15) is 0 Å². The van der Waals surface area contributed by atoms with Crippen molar-refractivity contribution in [2.75, 3.05) is 0 Å². The van der Waals surface area contributed by atoms with Crippen molar-refractivity contribution in [3.05, 3.63) is 65.1 Å². The highest BCUT2D eigenvalue weighted by atomic mass is 14.0. The van der Waals surface area contributed by atoms with Gasteiger partial charge in [-0.3, -0.25) is 0 Å². The van der Waals surface area contributed by atoms with E-state index in [1.54, 1.807) is 0 Å². The summed E-state index contributed by atoms with van der Waals surface area (Å²) in [5.41, 5.74) is 9.62. The lowest BCUT2D eigenvalue weighted by Crippen LogP contribution is -1.80. The second-order valence-electron chi connectivity index (χ2n) is 3.05. The summed E-state index contributed by atoms with van der Waals surface area (Å²) in [5, 5.41) is 0. The summed E-state index contributed by atoms with van der Waals surface area (Å²) < 4.78 is 0. The summed E-state index contributed by atoms with van der Waals surface area (Å²) in [4.78, 5) is 0. The van der Waals surface area contributed by atoms with Gasteiger partial charge in [-0.15, -0.1) is 0 Å². The molecular weight excluding hydrogens is 156 g/mol. The van der Waals surface area contributed by atoms with E-state index in [0.717, 1.165) is 11.1 Å². The molecule has 0 spiro atoms. The van der Waals surface area contributed by atoms with Crippen LogP contribution in [0.25, 0.3) is 5.57 Å². The van der Waals surface area contributed by atoms with E-state index in [0.29, 0.717) is 0 Å². The molecular formula is C13H10. The van der Waals surface area contributed by atoms with E-state index in [2.05, 4.69) is 35.7 Å². The molecule has 0 unspecified atom stereocenters. The number of hydrogen-bond acceptors (Lipinski definition) is 0. The zero-order valence-corrected chi connectivity index (χ0v) is 7.54. The molecule has 1 aromatic carbocycles. The van der Waals surface area contributed by atoms with Crippen molar-refractivity contribution in [3.63, 3.8) is 0 Å². The van der Waals surface area contributed by atoms with Gasteiger partial charge in [0.2, 0.25) is 0 Å². The SMILES string of the molecule is CC1=C=C=C(c2ccccc2)C=C1. The Hall–Kier alpha value is -1.74. The van der Waals surface area contributed by atoms with Crippen molar-refractivity contribution in [1.29, 1.82) is 0 Å². The minimum atomic E-state index is 1.10. The third-order valence-electron chi connectivity index (χ3n) is 1.98. The highest BCUT2D eigenvalue weighted by molar-refractivity contribution is 5.74. The topological polar surface area (TPSA) is 0 Å². The maximum Gasteiger partial charge on any atom is 0.0321 e. The van der Waals surface area contributed by atoms with E-state index in [-0.39, 0.29) is 0 Å². The van der Waals surface area contributed by atoms with Crippen LogP contribution in [0, 0.1) is 0 Å². The summed E-state index contributed by atoms with van der Waals surface area (Å²) in [6.07, 6.45) is 4.12. The molecule has 0 radical (unpaired) electrons. The molecule has 0 bridgehead atoms. The van der Waals surface area contributed by atoms with Gasteiger partial charge in [-0.05, 0) is 30.2 Å². The van der Waals surface area contributed by atoms with E-state index < -0.39 is 0 Å². The molecule has 13 heavy (non-hydrogen) atoms. The summed E-state index contributed by atoms with van der Waals surface area (Å²) in [7, 11) is 0. The van der Waals surface area contributed by atoms with Gasteiger partial charge in [-0.25, -0.2) is 0 Å². The van der Waals surface area contributed by atoms with Crippen LogP contribution in [0.4, 0.5) is 0 Å². The van der Waals surface area contributed by atoms with E-state index in [4.69, 9.17) is 0 Å². The van der Waals surface area contributed by atoms with Crippen LogP contribution in [-0.2, 0) is 0 Å². The quantitative estimate of drug-likeness (QED) is 0.561. The van der Waals surface area contributed by atoms with Crippen molar-refractivity contribution >= 4 is 5.57 Å². The van der Waals surface area contributed by atoms with E-state index in [1.165, 1.54) is 5.56 Å². The van der Waals surface area contributed by atoms with Crippen LogP contribution in [0.1, 0.15) is 12.5 Å². The molecule has 0 N–H and O–H groups in total. The Kier molecular flexibility index (Phi) is 2.02. The Bertz CT molecular complexity index is 434. The maximum atomic E-state index is 3.13. The van der Waals surface area contributed by atoms with Crippen LogP contribution in [0.5, 0.6) is 0 Å². The van der Waals surface area contributed by atoms with Crippen molar-refractivity contribution in [1.82, 2.24) is 0 Å². The van der Waals surface area contributed by atoms with Crippen LogP contribution in [0.15, 0.2) is 59.5 Å². The first-order chi connectivity index (χ1) is 6.36. The zero-order valence-electron chi connectivity index (χ0n) is 7.54. The van der Waals surface area contributed by atoms with Crippen LogP contribution in [0.2, 0.25) is 0 Å². The van der Waals surface area contributed by atoms with Gasteiger partial charge in [0.1, 0.15) is 0 Å². The van der Waals surface area contributed by atoms with Crippen LogP contribution in [-0.4, -0.2) is 0 Å². The molecule has 62 valence electrons.